The molecule has 4 rings (SSSR count). The van der Waals surface area contributed by atoms with Gasteiger partial charge in [0, 0.05) is 11.3 Å². The van der Waals surface area contributed by atoms with E-state index in [4.69, 9.17) is 9.47 Å². The molecule has 2 heterocycles. The number of hydrogen-bond donors (Lipinski definition) is 2. The van der Waals surface area contributed by atoms with E-state index in [9.17, 15) is 5.11 Å². The molecule has 4 heteroatoms. The van der Waals surface area contributed by atoms with E-state index in [0.29, 0.717) is 6.61 Å². The fraction of sp³-hybridized carbons (Fsp3) is 0.391. The van der Waals surface area contributed by atoms with Crippen LogP contribution in [0.3, 0.4) is 0 Å². The van der Waals surface area contributed by atoms with Gasteiger partial charge in [-0.25, -0.2) is 0 Å². The Morgan fingerprint density at radius 3 is 2.67 bits per heavy atom. The molecule has 0 aliphatic carbocycles. The minimum Gasteiger partial charge on any atom is -0.463 e. The monoisotopic (exact) mass is 365 g/mol. The van der Waals surface area contributed by atoms with Crippen LogP contribution < -0.4 is 10.1 Å². The van der Waals surface area contributed by atoms with Gasteiger partial charge in [-0.15, -0.1) is 0 Å². The van der Waals surface area contributed by atoms with Crippen molar-refractivity contribution >= 4 is 11.8 Å². The third kappa shape index (κ3) is 2.93. The van der Waals surface area contributed by atoms with Gasteiger partial charge in [0.15, 0.2) is 0 Å². The Kier molecular flexibility index (Phi) is 4.09. The Hall–Kier alpha value is -2.30. The van der Waals surface area contributed by atoms with Crippen LogP contribution in [0.1, 0.15) is 44.4 Å². The van der Waals surface area contributed by atoms with Crippen LogP contribution in [0, 0.1) is 0 Å². The summed E-state index contributed by atoms with van der Waals surface area (Å²) in [5.74, 6) is 0.841. The summed E-state index contributed by atoms with van der Waals surface area (Å²) < 4.78 is 12.4. The molecule has 0 saturated carbocycles. The molecule has 2 aliphatic rings. The number of hydrogen-bond acceptors (Lipinski definition) is 4. The van der Waals surface area contributed by atoms with Gasteiger partial charge in [-0.05, 0) is 63.1 Å². The first-order chi connectivity index (χ1) is 12.8. The molecule has 0 fully saturated rings. The smallest absolute Gasteiger partial charge is 0.209 e. The van der Waals surface area contributed by atoms with Crippen molar-refractivity contribution in [1.82, 2.24) is 0 Å². The van der Waals surface area contributed by atoms with Crippen LogP contribution in [0.25, 0.3) is 6.08 Å². The van der Waals surface area contributed by atoms with Crippen LogP contribution in [-0.2, 0) is 16.8 Å². The number of nitrogens with one attached hydrogen (secondary N) is 1. The first kappa shape index (κ1) is 18.1. The van der Waals surface area contributed by atoms with Crippen LogP contribution in [0.15, 0.2) is 48.5 Å². The molecule has 2 aromatic carbocycles. The lowest BCUT2D eigenvalue weighted by atomic mass is 9.76. The van der Waals surface area contributed by atoms with Gasteiger partial charge in [0.05, 0.1) is 24.2 Å². The van der Waals surface area contributed by atoms with E-state index in [1.54, 1.807) is 0 Å². The molecule has 0 amide bonds. The summed E-state index contributed by atoms with van der Waals surface area (Å²) in [6.45, 7) is 8.58. The molecule has 2 aromatic rings. The molecule has 0 bridgehead atoms. The Labute approximate surface area is 160 Å². The number of anilines is 1. The molecule has 142 valence electrons. The number of aliphatic hydroxyl groups is 1. The standard InChI is InChI=1S/C23H27NO3/c1-21(2,15-25)26-14-16-9-10-17-11-12-23(27-20(17)13-16)22(3,4)18-7-5-6-8-19(18)24-23/h5-13,24-25H,14-15H2,1-4H3. The number of benzene rings is 2. The van der Waals surface area contributed by atoms with E-state index in [-0.39, 0.29) is 12.0 Å². The third-order valence-electron chi connectivity index (χ3n) is 5.71. The van der Waals surface area contributed by atoms with E-state index in [0.717, 1.165) is 22.6 Å². The highest BCUT2D eigenvalue weighted by Crippen LogP contribution is 2.50. The maximum absolute atomic E-state index is 9.38. The first-order valence-electron chi connectivity index (χ1n) is 9.40. The summed E-state index contributed by atoms with van der Waals surface area (Å²) in [6, 6.07) is 14.5. The van der Waals surface area contributed by atoms with Gasteiger partial charge in [0.2, 0.25) is 5.72 Å². The van der Waals surface area contributed by atoms with Gasteiger partial charge >= 0.3 is 0 Å². The Bertz CT molecular complexity index is 900. The highest BCUT2D eigenvalue weighted by Gasteiger charge is 2.53. The molecule has 0 aromatic heterocycles. The average Bonchev–Trinajstić information content (AvgIpc) is 2.87. The van der Waals surface area contributed by atoms with Crippen molar-refractivity contribution < 1.29 is 14.6 Å². The van der Waals surface area contributed by atoms with Crippen molar-refractivity contribution in [3.63, 3.8) is 0 Å². The van der Waals surface area contributed by atoms with E-state index in [1.807, 2.05) is 32.0 Å². The second kappa shape index (κ2) is 6.11. The van der Waals surface area contributed by atoms with Crippen molar-refractivity contribution in [2.45, 2.75) is 51.0 Å². The van der Waals surface area contributed by atoms with Gasteiger partial charge in [-0.3, -0.25) is 0 Å². The second-order valence-electron chi connectivity index (χ2n) is 8.55. The second-order valence-corrected chi connectivity index (χ2v) is 8.55. The molecule has 1 unspecified atom stereocenters. The molecule has 0 radical (unpaired) electrons. The molecule has 4 nitrogen and oxygen atoms in total. The number of fused-ring (bicyclic) bond motifs is 2. The van der Waals surface area contributed by atoms with Crippen molar-refractivity contribution in [2.75, 3.05) is 11.9 Å². The summed E-state index contributed by atoms with van der Waals surface area (Å²) in [7, 11) is 0. The van der Waals surface area contributed by atoms with Crippen molar-refractivity contribution in [1.29, 1.82) is 0 Å². The maximum atomic E-state index is 9.38. The zero-order valence-corrected chi connectivity index (χ0v) is 16.4. The predicted molar refractivity (Wildman–Crippen MR) is 108 cm³/mol. The van der Waals surface area contributed by atoms with E-state index in [2.05, 4.69) is 55.6 Å². The Morgan fingerprint density at radius 2 is 1.93 bits per heavy atom. The lowest BCUT2D eigenvalue weighted by Crippen LogP contribution is -2.53. The van der Waals surface area contributed by atoms with E-state index >= 15 is 0 Å². The topological polar surface area (TPSA) is 50.7 Å². The van der Waals surface area contributed by atoms with Crippen molar-refractivity contribution in [3.8, 4) is 5.75 Å². The summed E-state index contributed by atoms with van der Waals surface area (Å²) in [4.78, 5) is 0. The first-order valence-corrected chi connectivity index (χ1v) is 9.40. The highest BCUT2D eigenvalue weighted by molar-refractivity contribution is 5.70. The molecular weight excluding hydrogens is 338 g/mol. The van der Waals surface area contributed by atoms with Crippen LogP contribution in [0.2, 0.25) is 0 Å². The minimum atomic E-state index is -0.618. The van der Waals surface area contributed by atoms with Gasteiger partial charge in [-0.2, -0.15) is 0 Å². The predicted octanol–water partition coefficient (Wildman–Crippen LogP) is 4.48. The van der Waals surface area contributed by atoms with Crippen molar-refractivity contribution in [3.05, 3.63) is 65.2 Å². The van der Waals surface area contributed by atoms with Gasteiger partial charge in [0.1, 0.15) is 5.75 Å². The van der Waals surface area contributed by atoms with E-state index < -0.39 is 11.3 Å². The Morgan fingerprint density at radius 1 is 1.15 bits per heavy atom. The molecule has 1 atom stereocenters. The Balaban J connectivity index is 1.63. The number of ether oxygens (including phenoxy) is 2. The van der Waals surface area contributed by atoms with Crippen LogP contribution in [0.5, 0.6) is 5.75 Å². The zero-order chi connectivity index (χ0) is 19.3. The van der Waals surface area contributed by atoms with Gasteiger partial charge in [0.25, 0.3) is 0 Å². The quantitative estimate of drug-likeness (QED) is 0.839. The van der Waals surface area contributed by atoms with Crippen LogP contribution in [-0.4, -0.2) is 23.0 Å². The van der Waals surface area contributed by atoms with Gasteiger partial charge in [-0.1, -0.05) is 30.3 Å². The molecule has 27 heavy (non-hydrogen) atoms. The molecule has 2 N–H and O–H groups in total. The minimum absolute atomic E-state index is 0.0172. The molecule has 2 aliphatic heterocycles. The maximum Gasteiger partial charge on any atom is 0.209 e. The van der Waals surface area contributed by atoms with Gasteiger partial charge < -0.3 is 19.9 Å². The molecule has 0 saturated heterocycles. The largest absolute Gasteiger partial charge is 0.463 e. The highest BCUT2D eigenvalue weighted by atomic mass is 16.5. The van der Waals surface area contributed by atoms with Crippen LogP contribution >= 0.6 is 0 Å². The lowest BCUT2D eigenvalue weighted by molar-refractivity contribution is -0.0634. The summed E-state index contributed by atoms with van der Waals surface area (Å²) >= 11 is 0. The summed E-state index contributed by atoms with van der Waals surface area (Å²) in [5, 5.41) is 13.0. The number of para-hydroxylation sites is 1. The fourth-order valence-corrected chi connectivity index (χ4v) is 3.73. The number of rotatable bonds is 4. The summed E-state index contributed by atoms with van der Waals surface area (Å²) in [6.07, 6.45) is 4.25. The van der Waals surface area contributed by atoms with Crippen LogP contribution in [0.4, 0.5) is 5.69 Å². The average molecular weight is 365 g/mol. The normalized spacial score (nSPS) is 22.1. The number of aliphatic hydroxyl groups excluding tert-OH is 1. The SMILES string of the molecule is CC(C)(CO)OCc1ccc2c(c1)OC1(C=C2)Nc2ccccc2C1(C)C. The zero-order valence-electron chi connectivity index (χ0n) is 16.4. The van der Waals surface area contributed by atoms with Crippen molar-refractivity contribution in [2.24, 2.45) is 0 Å². The molecular formula is C23H27NO3. The third-order valence-corrected chi connectivity index (χ3v) is 5.71. The fourth-order valence-electron chi connectivity index (χ4n) is 3.73. The molecule has 1 spiro atoms. The summed E-state index contributed by atoms with van der Waals surface area (Å²) in [5.41, 5.74) is 3.04. The van der Waals surface area contributed by atoms with E-state index in [1.165, 1.54) is 5.56 Å². The lowest BCUT2D eigenvalue weighted by Gasteiger charge is -2.41.